The molecule has 1 amide bonds. The van der Waals surface area contributed by atoms with E-state index in [9.17, 15) is 4.79 Å². The van der Waals surface area contributed by atoms with E-state index in [1.807, 2.05) is 0 Å². The Morgan fingerprint density at radius 1 is 1.72 bits per heavy atom. The van der Waals surface area contributed by atoms with E-state index in [2.05, 4.69) is 32.8 Å². The molecule has 18 heavy (non-hydrogen) atoms. The smallest absolute Gasteiger partial charge is 0.238 e. The zero-order chi connectivity index (χ0) is 13.0. The van der Waals surface area contributed by atoms with Gasteiger partial charge in [-0.2, -0.15) is 0 Å². The first-order valence-corrected chi connectivity index (χ1v) is 7.22. The Bertz CT molecular complexity index is 407. The molecule has 1 atom stereocenters. The average Bonchev–Trinajstić information content (AvgIpc) is 2.86. The van der Waals surface area contributed by atoms with Gasteiger partial charge in [-0.15, -0.1) is 11.3 Å². The van der Waals surface area contributed by atoms with Gasteiger partial charge in [0.15, 0.2) is 0 Å². The lowest BCUT2D eigenvalue weighted by Gasteiger charge is -2.34. The second-order valence-electron chi connectivity index (χ2n) is 4.39. The van der Waals surface area contributed by atoms with Gasteiger partial charge in [0.05, 0.1) is 10.7 Å². The molecule has 2 heterocycles. The maximum absolute atomic E-state index is 11.8. The van der Waals surface area contributed by atoms with Crippen LogP contribution in [0.25, 0.3) is 0 Å². The molecule has 0 aliphatic carbocycles. The molecule has 0 saturated carbocycles. The molecule has 1 fully saturated rings. The zero-order valence-electron chi connectivity index (χ0n) is 10.9. The summed E-state index contributed by atoms with van der Waals surface area (Å²) < 4.78 is 0. The Kier molecular flexibility index (Phi) is 4.68. The molecule has 1 aliphatic rings. The fourth-order valence-electron chi connectivity index (χ4n) is 2.15. The Hall–Kier alpha value is -0.980. The summed E-state index contributed by atoms with van der Waals surface area (Å²) in [6.45, 7) is 5.40. The number of thiazole rings is 1. The molecule has 0 radical (unpaired) electrons. The number of amides is 1. The highest BCUT2D eigenvalue weighted by Gasteiger charge is 2.28. The van der Waals surface area contributed by atoms with E-state index < -0.39 is 0 Å². The number of aryl methyl sites for hydroxylation is 1. The van der Waals surface area contributed by atoms with Crippen LogP contribution >= 0.6 is 11.3 Å². The van der Waals surface area contributed by atoms with E-state index in [4.69, 9.17) is 0 Å². The minimum atomic E-state index is -0.0875. The molecule has 0 spiro atoms. The molecule has 100 valence electrons. The molecule has 2 N–H and O–H groups in total. The minimum absolute atomic E-state index is 0.0770. The summed E-state index contributed by atoms with van der Waals surface area (Å²) in [5.41, 5.74) is 1.08. The number of likely N-dealkylation sites (N-methyl/N-ethyl adjacent to an activating group) is 1. The third-order valence-electron chi connectivity index (χ3n) is 3.17. The van der Waals surface area contributed by atoms with Gasteiger partial charge in [0.1, 0.15) is 6.04 Å². The van der Waals surface area contributed by atoms with Crippen molar-refractivity contribution in [1.29, 1.82) is 0 Å². The molecular weight excluding hydrogens is 248 g/mol. The van der Waals surface area contributed by atoms with E-state index in [-0.39, 0.29) is 11.9 Å². The topological polar surface area (TPSA) is 57.3 Å². The molecule has 1 aromatic heterocycles. The summed E-state index contributed by atoms with van der Waals surface area (Å²) in [7, 11) is 1.69. The van der Waals surface area contributed by atoms with Gasteiger partial charge in [0, 0.05) is 38.6 Å². The van der Waals surface area contributed by atoms with Crippen LogP contribution in [0.5, 0.6) is 0 Å². The van der Waals surface area contributed by atoms with Gasteiger partial charge < -0.3 is 10.6 Å². The van der Waals surface area contributed by atoms with Crippen LogP contribution in [0, 0.1) is 0 Å². The summed E-state index contributed by atoms with van der Waals surface area (Å²) >= 11 is 1.70. The number of aromatic nitrogens is 1. The Balaban J connectivity index is 2.02. The predicted octanol–water partition coefficient (Wildman–Crippen LogP) is 0.225. The highest BCUT2D eigenvalue weighted by molar-refractivity contribution is 7.09. The van der Waals surface area contributed by atoms with E-state index in [1.165, 1.54) is 0 Å². The van der Waals surface area contributed by atoms with Crippen LogP contribution in [-0.2, 0) is 17.8 Å². The first-order valence-electron chi connectivity index (χ1n) is 6.34. The van der Waals surface area contributed by atoms with Crippen molar-refractivity contribution >= 4 is 17.2 Å². The first kappa shape index (κ1) is 13.5. The fourth-order valence-corrected chi connectivity index (χ4v) is 2.89. The lowest BCUT2D eigenvalue weighted by atomic mass is 10.1. The average molecular weight is 268 g/mol. The van der Waals surface area contributed by atoms with E-state index >= 15 is 0 Å². The minimum Gasteiger partial charge on any atom is -0.358 e. The molecule has 1 aliphatic heterocycles. The molecule has 1 unspecified atom stereocenters. The Morgan fingerprint density at radius 2 is 2.56 bits per heavy atom. The Labute approximate surface area is 112 Å². The quantitative estimate of drug-likeness (QED) is 0.820. The van der Waals surface area contributed by atoms with Crippen LogP contribution in [0.3, 0.4) is 0 Å². The van der Waals surface area contributed by atoms with Crippen LogP contribution < -0.4 is 10.6 Å². The Morgan fingerprint density at radius 3 is 3.22 bits per heavy atom. The number of rotatable bonds is 4. The molecule has 1 aromatic rings. The van der Waals surface area contributed by atoms with Crippen molar-refractivity contribution in [1.82, 2.24) is 20.5 Å². The fraction of sp³-hybridized carbons (Fsp3) is 0.667. The monoisotopic (exact) mass is 268 g/mol. The SMILES string of the molecule is CCc1nc(CN2CCNCC2C(=O)NC)cs1. The number of carbonyl (C=O) groups excluding carboxylic acids is 1. The molecule has 0 aromatic carbocycles. The second-order valence-corrected chi connectivity index (χ2v) is 5.33. The summed E-state index contributed by atoms with van der Waals surface area (Å²) in [6, 6.07) is -0.0875. The molecular formula is C12H20N4OS. The van der Waals surface area contributed by atoms with Crippen LogP contribution in [0.4, 0.5) is 0 Å². The van der Waals surface area contributed by atoms with Crippen LogP contribution in [0.15, 0.2) is 5.38 Å². The standard InChI is InChI=1S/C12H20N4OS/c1-3-11-15-9(8-18-11)7-16-5-4-14-6-10(16)12(17)13-2/h8,10,14H,3-7H2,1-2H3,(H,13,17). The van der Waals surface area contributed by atoms with Gasteiger partial charge >= 0.3 is 0 Å². The van der Waals surface area contributed by atoms with Gasteiger partial charge in [-0.3, -0.25) is 9.69 Å². The lowest BCUT2D eigenvalue weighted by Crippen LogP contribution is -2.56. The third-order valence-corrected chi connectivity index (χ3v) is 4.21. The zero-order valence-corrected chi connectivity index (χ0v) is 11.7. The molecule has 0 bridgehead atoms. The summed E-state index contributed by atoms with van der Waals surface area (Å²) in [6.07, 6.45) is 0.977. The number of carbonyl (C=O) groups is 1. The number of nitrogens with zero attached hydrogens (tertiary/aromatic N) is 2. The van der Waals surface area contributed by atoms with Crippen molar-refractivity contribution in [3.8, 4) is 0 Å². The van der Waals surface area contributed by atoms with Gasteiger partial charge in [0.2, 0.25) is 5.91 Å². The van der Waals surface area contributed by atoms with Crippen molar-refractivity contribution in [2.45, 2.75) is 25.9 Å². The first-order chi connectivity index (χ1) is 8.74. The van der Waals surface area contributed by atoms with Crippen LogP contribution in [-0.4, -0.2) is 48.5 Å². The van der Waals surface area contributed by atoms with Crippen LogP contribution in [0.2, 0.25) is 0 Å². The molecule has 1 saturated heterocycles. The van der Waals surface area contributed by atoms with Gasteiger partial charge in [-0.25, -0.2) is 4.98 Å². The third kappa shape index (κ3) is 3.07. The van der Waals surface area contributed by atoms with E-state index in [0.29, 0.717) is 6.54 Å². The number of hydrogen-bond acceptors (Lipinski definition) is 5. The van der Waals surface area contributed by atoms with Crippen LogP contribution in [0.1, 0.15) is 17.6 Å². The van der Waals surface area contributed by atoms with E-state index in [1.54, 1.807) is 18.4 Å². The van der Waals surface area contributed by atoms with E-state index in [0.717, 1.165) is 36.8 Å². The largest absolute Gasteiger partial charge is 0.358 e. The number of hydrogen-bond donors (Lipinski definition) is 2. The summed E-state index contributed by atoms with van der Waals surface area (Å²) in [5, 5.41) is 9.25. The van der Waals surface area contributed by atoms with Crippen molar-refractivity contribution in [2.24, 2.45) is 0 Å². The van der Waals surface area contributed by atoms with Gasteiger partial charge in [0.25, 0.3) is 0 Å². The molecule has 5 nitrogen and oxygen atoms in total. The van der Waals surface area contributed by atoms with Crippen molar-refractivity contribution in [3.05, 3.63) is 16.1 Å². The number of piperazine rings is 1. The molecule has 6 heteroatoms. The maximum atomic E-state index is 11.8. The highest BCUT2D eigenvalue weighted by Crippen LogP contribution is 2.14. The van der Waals surface area contributed by atoms with Crippen molar-refractivity contribution < 1.29 is 4.79 Å². The summed E-state index contributed by atoms with van der Waals surface area (Å²) in [4.78, 5) is 18.6. The predicted molar refractivity (Wildman–Crippen MR) is 72.6 cm³/mol. The van der Waals surface area contributed by atoms with Crippen molar-refractivity contribution in [2.75, 3.05) is 26.7 Å². The summed E-state index contributed by atoms with van der Waals surface area (Å²) in [5.74, 6) is 0.0770. The van der Waals surface area contributed by atoms with Gasteiger partial charge in [-0.05, 0) is 6.42 Å². The second kappa shape index (κ2) is 6.26. The molecule has 2 rings (SSSR count). The number of nitrogens with one attached hydrogen (secondary N) is 2. The maximum Gasteiger partial charge on any atom is 0.238 e. The lowest BCUT2D eigenvalue weighted by molar-refractivity contribution is -0.126. The normalized spacial score (nSPS) is 20.9. The highest BCUT2D eigenvalue weighted by atomic mass is 32.1. The van der Waals surface area contributed by atoms with Crippen molar-refractivity contribution in [3.63, 3.8) is 0 Å². The van der Waals surface area contributed by atoms with Gasteiger partial charge in [-0.1, -0.05) is 6.92 Å².